The molecule has 0 aliphatic carbocycles. The molecule has 0 aliphatic rings. The van der Waals surface area contributed by atoms with E-state index in [1.54, 1.807) is 13.8 Å². The average molecular weight is 307 g/mol. The first-order chi connectivity index (χ1) is 8.55. The number of rotatable bonds is 5. The Labute approximate surface area is 114 Å². The van der Waals surface area contributed by atoms with Crippen LogP contribution in [0.15, 0.2) is 12.2 Å². The van der Waals surface area contributed by atoms with Crippen LogP contribution in [0, 0.1) is 5.41 Å². The second-order valence-corrected chi connectivity index (χ2v) is 5.93. The van der Waals surface area contributed by atoms with Gasteiger partial charge in [0.15, 0.2) is 0 Å². The van der Waals surface area contributed by atoms with E-state index in [4.69, 9.17) is 0 Å². The van der Waals surface area contributed by atoms with E-state index in [0.29, 0.717) is 0 Å². The predicted molar refractivity (Wildman–Crippen MR) is 62.7 cm³/mol. The summed E-state index contributed by atoms with van der Waals surface area (Å²) in [7, 11) is 0. The first-order valence-electron chi connectivity index (χ1n) is 5.86. The lowest BCUT2D eigenvalue weighted by molar-refractivity contribution is -0.369. The van der Waals surface area contributed by atoms with Gasteiger partial charge in [-0.1, -0.05) is 26.0 Å². The zero-order valence-electron chi connectivity index (χ0n) is 11.7. The van der Waals surface area contributed by atoms with Crippen molar-refractivity contribution in [3.8, 4) is 0 Å². The largest absolute Gasteiger partial charge is 0.467 e. The van der Waals surface area contributed by atoms with Crippen LogP contribution in [0.5, 0.6) is 0 Å². The number of aliphatic hydroxyl groups is 1. The van der Waals surface area contributed by atoms with Crippen molar-refractivity contribution in [3.05, 3.63) is 12.2 Å². The lowest BCUT2D eigenvalue weighted by atomic mass is 9.81. The fourth-order valence-electron chi connectivity index (χ4n) is 2.00. The minimum absolute atomic E-state index is 0.203. The molecule has 0 aromatic carbocycles. The lowest BCUT2D eigenvalue weighted by Crippen LogP contribution is -2.48. The van der Waals surface area contributed by atoms with Gasteiger partial charge in [-0.15, -0.1) is 4.90 Å². The van der Waals surface area contributed by atoms with Gasteiger partial charge < -0.3 is 5.11 Å². The summed E-state index contributed by atoms with van der Waals surface area (Å²) < 4.78 is 73.4. The van der Waals surface area contributed by atoms with Gasteiger partial charge in [0.2, 0.25) is 0 Å². The van der Waals surface area contributed by atoms with E-state index >= 15 is 0 Å². The van der Waals surface area contributed by atoms with E-state index in [1.807, 2.05) is 0 Å². The minimum atomic E-state index is -5.48. The molecule has 0 saturated heterocycles. The van der Waals surface area contributed by atoms with Crippen molar-refractivity contribution in [1.82, 2.24) is 4.90 Å². The molecule has 0 fully saturated rings. The Bertz CT molecular complexity index is 323. The third-order valence-corrected chi connectivity index (χ3v) is 2.36. The Morgan fingerprint density at radius 2 is 1.30 bits per heavy atom. The fraction of sp³-hybridized carbons (Fsp3) is 0.833. The molecule has 0 heterocycles. The molecular formula is C12H19F6NO. The Kier molecular flexibility index (Phi) is 5.70. The summed E-state index contributed by atoms with van der Waals surface area (Å²) in [5.74, 6) is 0. The van der Waals surface area contributed by atoms with Gasteiger partial charge in [-0.3, -0.25) is 0 Å². The molecule has 0 spiro atoms. The Morgan fingerprint density at radius 1 is 0.900 bits per heavy atom. The van der Waals surface area contributed by atoms with Crippen molar-refractivity contribution in [2.45, 2.75) is 52.3 Å². The van der Waals surface area contributed by atoms with E-state index < -0.39 is 35.1 Å². The molecule has 2 nitrogen and oxygen atoms in total. The molecule has 0 saturated carbocycles. The smallest absolute Gasteiger partial charge is 0.390 e. The number of hydrogen-bond donors (Lipinski definition) is 1. The van der Waals surface area contributed by atoms with Crippen LogP contribution in [0.3, 0.4) is 0 Å². The number of hydrogen-bond acceptors (Lipinski definition) is 2. The highest BCUT2D eigenvalue weighted by molar-refractivity contribution is 4.99. The van der Waals surface area contributed by atoms with E-state index in [1.165, 1.54) is 19.9 Å². The molecule has 8 heteroatoms. The van der Waals surface area contributed by atoms with Gasteiger partial charge in [-0.25, -0.2) is 0 Å². The highest BCUT2D eigenvalue weighted by Crippen LogP contribution is 2.34. The Morgan fingerprint density at radius 3 is 1.60 bits per heavy atom. The summed E-state index contributed by atoms with van der Waals surface area (Å²) >= 11 is 0. The van der Waals surface area contributed by atoms with Gasteiger partial charge in [0.05, 0.1) is 5.60 Å². The summed E-state index contributed by atoms with van der Waals surface area (Å²) in [6.45, 7) is 4.95. The minimum Gasteiger partial charge on any atom is -0.390 e. The Hall–Kier alpha value is -0.760. The molecule has 0 atom stereocenters. The van der Waals surface area contributed by atoms with Crippen LogP contribution in [-0.4, -0.2) is 34.8 Å². The fourth-order valence-corrected chi connectivity index (χ4v) is 2.00. The van der Waals surface area contributed by atoms with E-state index in [-0.39, 0.29) is 6.42 Å². The van der Waals surface area contributed by atoms with Gasteiger partial charge >= 0.3 is 12.6 Å². The molecule has 0 amide bonds. The van der Waals surface area contributed by atoms with Crippen LogP contribution in [0.1, 0.15) is 34.1 Å². The predicted octanol–water partition coefficient (Wildman–Crippen LogP) is 4.07. The van der Waals surface area contributed by atoms with Crippen LogP contribution in [-0.2, 0) is 0 Å². The number of halogens is 6. The number of alkyl halides is 6. The van der Waals surface area contributed by atoms with Crippen molar-refractivity contribution < 1.29 is 31.4 Å². The molecule has 0 aliphatic heterocycles. The first-order valence-corrected chi connectivity index (χ1v) is 5.86. The summed E-state index contributed by atoms with van der Waals surface area (Å²) in [5, 5.41) is 9.62. The van der Waals surface area contributed by atoms with Crippen LogP contribution >= 0.6 is 0 Å². The summed E-state index contributed by atoms with van der Waals surface area (Å²) in [5.41, 5.74) is -1.79. The quantitative estimate of drug-likeness (QED) is 0.470. The molecule has 0 bridgehead atoms. The van der Waals surface area contributed by atoms with Crippen molar-refractivity contribution >= 4 is 0 Å². The maximum atomic E-state index is 12.2. The summed E-state index contributed by atoms with van der Waals surface area (Å²) in [6, 6.07) is 0. The molecule has 1 N–H and O–H groups in total. The van der Waals surface area contributed by atoms with Crippen LogP contribution in [0.2, 0.25) is 0 Å². The zero-order valence-corrected chi connectivity index (χ0v) is 11.7. The van der Waals surface area contributed by atoms with E-state index in [0.717, 1.165) is 6.08 Å². The molecule has 0 radical (unpaired) electrons. The SMILES string of the molecule is CC(C)(O)CC(C)(C)/C=C/CN(C(F)(F)F)C(F)(F)F. The van der Waals surface area contributed by atoms with Crippen molar-refractivity contribution in [2.24, 2.45) is 5.41 Å². The second kappa shape index (κ2) is 5.93. The molecule has 0 unspecified atom stereocenters. The molecule has 0 aromatic rings. The van der Waals surface area contributed by atoms with Gasteiger partial charge in [0.1, 0.15) is 0 Å². The van der Waals surface area contributed by atoms with Gasteiger partial charge in [0, 0.05) is 6.54 Å². The van der Waals surface area contributed by atoms with Crippen molar-refractivity contribution in [1.29, 1.82) is 0 Å². The third-order valence-electron chi connectivity index (χ3n) is 2.36. The topological polar surface area (TPSA) is 23.5 Å². The standard InChI is InChI=1S/C12H19F6NO/c1-9(2,8-10(3,4)20)6-5-7-19(11(13,14)15)12(16,17)18/h5-6,20H,7-8H2,1-4H3/b6-5+. The van der Waals surface area contributed by atoms with E-state index in [2.05, 4.69) is 0 Å². The molecular weight excluding hydrogens is 288 g/mol. The first kappa shape index (κ1) is 19.2. The maximum Gasteiger partial charge on any atom is 0.467 e. The number of allylic oxidation sites excluding steroid dienone is 1. The molecule has 120 valence electrons. The van der Waals surface area contributed by atoms with Crippen LogP contribution < -0.4 is 0 Å². The summed E-state index contributed by atoms with van der Waals surface area (Å²) in [4.78, 5) is -1.50. The highest BCUT2D eigenvalue weighted by atomic mass is 19.4. The number of nitrogens with zero attached hydrogens (tertiary/aromatic N) is 1. The van der Waals surface area contributed by atoms with Crippen molar-refractivity contribution in [3.63, 3.8) is 0 Å². The molecule has 0 aromatic heterocycles. The lowest BCUT2D eigenvalue weighted by Gasteiger charge is -2.29. The zero-order chi connectivity index (χ0) is 16.4. The van der Waals surface area contributed by atoms with Crippen LogP contribution in [0.4, 0.5) is 26.3 Å². The molecule has 20 heavy (non-hydrogen) atoms. The molecule has 0 rings (SSSR count). The average Bonchev–Trinajstić information content (AvgIpc) is 2.03. The monoisotopic (exact) mass is 307 g/mol. The normalized spacial score (nSPS) is 15.4. The van der Waals surface area contributed by atoms with Crippen LogP contribution in [0.25, 0.3) is 0 Å². The van der Waals surface area contributed by atoms with Gasteiger partial charge in [-0.2, -0.15) is 26.3 Å². The van der Waals surface area contributed by atoms with Gasteiger partial charge in [0.25, 0.3) is 0 Å². The second-order valence-electron chi connectivity index (χ2n) is 5.93. The van der Waals surface area contributed by atoms with Gasteiger partial charge in [-0.05, 0) is 25.7 Å². The third kappa shape index (κ3) is 7.74. The summed E-state index contributed by atoms with van der Waals surface area (Å²) in [6.07, 6.45) is -8.71. The van der Waals surface area contributed by atoms with Crippen molar-refractivity contribution in [2.75, 3.05) is 6.54 Å². The highest BCUT2D eigenvalue weighted by Gasteiger charge is 2.53. The van der Waals surface area contributed by atoms with E-state index in [9.17, 15) is 31.4 Å². The Balaban J connectivity index is 4.84. The maximum absolute atomic E-state index is 12.2.